The smallest absolute Gasteiger partial charge is 0.462 e. The Kier molecular flexibility index (Phi) is 63.1. The summed E-state index contributed by atoms with van der Waals surface area (Å²) >= 11 is 0. The van der Waals surface area contributed by atoms with Crippen molar-refractivity contribution in [3.8, 4) is 0 Å². The van der Waals surface area contributed by atoms with E-state index in [1.807, 2.05) is 0 Å². The second-order valence-electron chi connectivity index (χ2n) is 28.7. The minimum atomic E-state index is -4.96. The number of aliphatic hydroxyl groups is 1. The van der Waals surface area contributed by atoms with Crippen molar-refractivity contribution >= 4 is 39.5 Å². The SMILES string of the molecule is CCC(C)CCCCCCCCC(=O)OC[C@H](COP(=O)(O)OC[C@H](O)COP(=O)(O)OC[C@@H](COC(=O)CCCCCCCCCCCCCC(C)C)OC(=O)CCCCCCCCCCCCCCCCCCCCC(C)C)OC(=O)CCCCCCCCC(C)C. The van der Waals surface area contributed by atoms with E-state index in [0.29, 0.717) is 31.6 Å². The lowest BCUT2D eigenvalue weighted by Crippen LogP contribution is -2.30. The summed E-state index contributed by atoms with van der Waals surface area (Å²) in [5.41, 5.74) is 0. The predicted molar refractivity (Wildman–Crippen MR) is 381 cm³/mol. The zero-order chi connectivity index (χ0) is 69.6. The van der Waals surface area contributed by atoms with Gasteiger partial charge in [-0.25, -0.2) is 9.13 Å². The van der Waals surface area contributed by atoms with E-state index in [4.69, 9.17) is 37.0 Å². The molecule has 3 unspecified atom stereocenters. The predicted octanol–water partition coefficient (Wildman–Crippen LogP) is 21.7. The lowest BCUT2D eigenvalue weighted by atomic mass is 10.00. The molecule has 3 N–H and O–H groups in total. The van der Waals surface area contributed by atoms with E-state index >= 15 is 0 Å². The third-order valence-corrected chi connectivity index (χ3v) is 19.6. The second-order valence-corrected chi connectivity index (χ2v) is 31.6. The molecule has 0 radical (unpaired) electrons. The summed E-state index contributed by atoms with van der Waals surface area (Å²) in [6.07, 6.45) is 48.9. The van der Waals surface area contributed by atoms with Crippen LogP contribution in [0, 0.1) is 23.7 Å². The molecule has 94 heavy (non-hydrogen) atoms. The first-order valence-electron chi connectivity index (χ1n) is 38.7. The fourth-order valence-corrected chi connectivity index (χ4v) is 12.9. The molecule has 0 spiro atoms. The third-order valence-electron chi connectivity index (χ3n) is 17.7. The zero-order valence-electron chi connectivity index (χ0n) is 61.6. The first-order valence-corrected chi connectivity index (χ1v) is 41.7. The Labute approximate surface area is 575 Å². The highest BCUT2D eigenvalue weighted by Crippen LogP contribution is 2.45. The van der Waals surface area contributed by atoms with Crippen molar-refractivity contribution in [3.05, 3.63) is 0 Å². The number of hydrogen-bond acceptors (Lipinski definition) is 15. The summed E-state index contributed by atoms with van der Waals surface area (Å²) in [5, 5.41) is 10.6. The third kappa shape index (κ3) is 67.3. The summed E-state index contributed by atoms with van der Waals surface area (Å²) in [6.45, 7) is 14.1. The zero-order valence-corrected chi connectivity index (χ0v) is 63.4. The van der Waals surface area contributed by atoms with Crippen LogP contribution < -0.4 is 0 Å². The number of hydrogen-bond donors (Lipinski definition) is 3. The second kappa shape index (κ2) is 64.4. The van der Waals surface area contributed by atoms with Crippen molar-refractivity contribution < 1.29 is 80.2 Å². The quantitative estimate of drug-likeness (QED) is 0.0222. The van der Waals surface area contributed by atoms with Gasteiger partial charge in [0.1, 0.15) is 19.3 Å². The first-order chi connectivity index (χ1) is 45.1. The van der Waals surface area contributed by atoms with E-state index in [0.717, 1.165) is 114 Å². The van der Waals surface area contributed by atoms with E-state index < -0.39 is 97.5 Å². The molecule has 17 nitrogen and oxygen atoms in total. The molecule has 0 aromatic heterocycles. The molecular weight excluding hydrogens is 1230 g/mol. The van der Waals surface area contributed by atoms with Crippen LogP contribution in [0.5, 0.6) is 0 Å². The minimum absolute atomic E-state index is 0.101. The number of phosphoric acid groups is 2. The molecule has 19 heteroatoms. The van der Waals surface area contributed by atoms with E-state index in [1.54, 1.807) is 0 Å². The Morgan fingerprint density at radius 2 is 0.511 bits per heavy atom. The number of rotatable bonds is 72. The fourth-order valence-electron chi connectivity index (χ4n) is 11.3. The Morgan fingerprint density at radius 3 is 0.755 bits per heavy atom. The van der Waals surface area contributed by atoms with Crippen LogP contribution in [0.1, 0.15) is 376 Å². The van der Waals surface area contributed by atoms with E-state index in [2.05, 4.69) is 55.4 Å². The molecule has 6 atom stereocenters. The summed E-state index contributed by atoms with van der Waals surface area (Å²) in [5.74, 6) is 0.863. The number of phosphoric ester groups is 2. The van der Waals surface area contributed by atoms with E-state index in [9.17, 15) is 43.2 Å². The monoisotopic (exact) mass is 1380 g/mol. The molecule has 0 aromatic rings. The first kappa shape index (κ1) is 92.1. The number of aliphatic hydroxyl groups excluding tert-OH is 1. The van der Waals surface area contributed by atoms with Gasteiger partial charge in [-0.1, -0.05) is 325 Å². The number of unbranched alkanes of at least 4 members (excludes halogenated alkanes) is 37. The van der Waals surface area contributed by atoms with Crippen LogP contribution in [0.3, 0.4) is 0 Å². The molecule has 0 bridgehead atoms. The van der Waals surface area contributed by atoms with Crippen molar-refractivity contribution in [3.63, 3.8) is 0 Å². The molecule has 0 rings (SSSR count). The van der Waals surface area contributed by atoms with Crippen LogP contribution in [0.15, 0.2) is 0 Å². The molecule has 0 fully saturated rings. The molecule has 558 valence electrons. The lowest BCUT2D eigenvalue weighted by molar-refractivity contribution is -0.161. The Morgan fingerprint density at radius 1 is 0.298 bits per heavy atom. The van der Waals surface area contributed by atoms with Crippen LogP contribution in [0.2, 0.25) is 0 Å². The van der Waals surface area contributed by atoms with Crippen molar-refractivity contribution in [2.75, 3.05) is 39.6 Å². The van der Waals surface area contributed by atoms with Gasteiger partial charge in [0.15, 0.2) is 12.2 Å². The molecule has 0 aliphatic carbocycles. The summed E-state index contributed by atoms with van der Waals surface area (Å²) < 4.78 is 68.4. The Balaban J connectivity index is 5.19. The summed E-state index contributed by atoms with van der Waals surface area (Å²) in [6, 6.07) is 0. The van der Waals surface area contributed by atoms with E-state index in [-0.39, 0.29) is 25.7 Å². The maximum absolute atomic E-state index is 13.1. The molecule has 0 heterocycles. The van der Waals surface area contributed by atoms with Crippen LogP contribution in [0.25, 0.3) is 0 Å². The molecular formula is C75H146O17P2. The van der Waals surface area contributed by atoms with Crippen LogP contribution in [-0.2, 0) is 65.4 Å². The fraction of sp³-hybridized carbons (Fsp3) is 0.947. The van der Waals surface area contributed by atoms with E-state index in [1.165, 1.54) is 173 Å². The Bertz CT molecular complexity index is 1850. The van der Waals surface area contributed by atoms with Crippen LogP contribution >= 0.6 is 15.6 Å². The average molecular weight is 1380 g/mol. The highest BCUT2D eigenvalue weighted by atomic mass is 31.2. The minimum Gasteiger partial charge on any atom is -0.462 e. The van der Waals surface area contributed by atoms with Crippen molar-refractivity contribution in [2.24, 2.45) is 23.7 Å². The van der Waals surface area contributed by atoms with Gasteiger partial charge in [-0.2, -0.15) is 0 Å². The average Bonchev–Trinajstić information content (AvgIpc) is 1.34. The number of carbonyl (C=O) groups excluding carboxylic acids is 4. The topological polar surface area (TPSA) is 237 Å². The lowest BCUT2D eigenvalue weighted by Gasteiger charge is -2.21. The van der Waals surface area contributed by atoms with Crippen molar-refractivity contribution in [1.29, 1.82) is 0 Å². The van der Waals surface area contributed by atoms with Gasteiger partial charge in [0.2, 0.25) is 0 Å². The summed E-state index contributed by atoms with van der Waals surface area (Å²) in [4.78, 5) is 72.7. The number of ether oxygens (including phenoxy) is 4. The van der Waals surface area contributed by atoms with Gasteiger partial charge in [-0.15, -0.1) is 0 Å². The molecule has 0 saturated heterocycles. The molecule has 0 aliphatic heterocycles. The number of esters is 4. The van der Waals surface area contributed by atoms with Crippen LogP contribution in [0.4, 0.5) is 0 Å². The number of carbonyl (C=O) groups is 4. The normalized spacial score (nSPS) is 14.4. The van der Waals surface area contributed by atoms with Gasteiger partial charge in [-0.3, -0.25) is 37.3 Å². The van der Waals surface area contributed by atoms with Gasteiger partial charge in [0.05, 0.1) is 26.4 Å². The van der Waals surface area contributed by atoms with Gasteiger partial charge in [0, 0.05) is 25.7 Å². The molecule has 0 aromatic carbocycles. The van der Waals surface area contributed by atoms with Gasteiger partial charge < -0.3 is 33.8 Å². The van der Waals surface area contributed by atoms with Crippen molar-refractivity contribution in [2.45, 2.75) is 395 Å². The standard InChI is InChI=1S/C75H146O17P2/c1-9-68(8)54-46-38-32-34-40-48-56-73(78)86-62-71(92-75(80)58-50-42-33-31-37-45-53-67(6)7)64-90-94(83,84)88-60-69(76)59-87-93(81,82)89-63-70(61-85-72(77)55-47-39-29-25-22-18-20-24-28-36-44-52-66(4)5)91-74(79)57-49-41-30-26-21-17-15-13-11-10-12-14-16-19-23-27-35-43-51-65(2)3/h65-71,76H,9-64H2,1-8H3,(H,81,82)(H,83,84)/t68?,69-,70-,71-/m1/s1. The molecule has 0 saturated carbocycles. The maximum Gasteiger partial charge on any atom is 0.472 e. The molecule has 0 aliphatic rings. The highest BCUT2D eigenvalue weighted by Gasteiger charge is 2.30. The van der Waals surface area contributed by atoms with Gasteiger partial charge in [-0.05, 0) is 49.4 Å². The maximum atomic E-state index is 13.1. The Hall–Kier alpha value is -1.94. The summed E-state index contributed by atoms with van der Waals surface area (Å²) in [7, 11) is -9.91. The van der Waals surface area contributed by atoms with Gasteiger partial charge >= 0.3 is 39.5 Å². The molecule has 0 amide bonds. The highest BCUT2D eigenvalue weighted by molar-refractivity contribution is 7.47. The van der Waals surface area contributed by atoms with Crippen LogP contribution in [-0.4, -0.2) is 96.7 Å². The van der Waals surface area contributed by atoms with Gasteiger partial charge in [0.25, 0.3) is 0 Å². The largest absolute Gasteiger partial charge is 0.472 e. The van der Waals surface area contributed by atoms with Crippen molar-refractivity contribution in [1.82, 2.24) is 0 Å².